The molecule has 0 saturated heterocycles. The van der Waals surface area contributed by atoms with E-state index in [1.165, 1.54) is 6.07 Å². The Balaban J connectivity index is 3.02. The minimum Gasteiger partial charge on any atom is -0.466 e. The predicted molar refractivity (Wildman–Crippen MR) is 54.2 cm³/mol. The van der Waals surface area contributed by atoms with E-state index in [2.05, 4.69) is 9.72 Å². The molecule has 0 atom stereocenters. The van der Waals surface area contributed by atoms with Gasteiger partial charge in [0.2, 0.25) is 0 Å². The summed E-state index contributed by atoms with van der Waals surface area (Å²) in [6.45, 7) is 1.80. The Labute approximate surface area is 96.8 Å². The monoisotopic (exact) mass is 240 g/mol. The van der Waals surface area contributed by atoms with Gasteiger partial charge in [0.05, 0.1) is 13.0 Å². The molecule has 0 aromatic carbocycles. The van der Waals surface area contributed by atoms with Gasteiger partial charge in [-0.1, -0.05) is 0 Å². The van der Waals surface area contributed by atoms with E-state index in [0.29, 0.717) is 0 Å². The molecule has 0 amide bonds. The third-order valence-corrected chi connectivity index (χ3v) is 2.01. The maximum atomic E-state index is 12.6. The van der Waals surface area contributed by atoms with Crippen molar-refractivity contribution >= 4 is 5.97 Å². The molecule has 1 heterocycles. The minimum atomic E-state index is -2.74. The number of ether oxygens (including phenoxy) is 1. The Morgan fingerprint density at radius 1 is 1.65 bits per heavy atom. The molecule has 0 N–H and O–H groups in total. The molecule has 0 fully saturated rings. The minimum absolute atomic E-state index is 0.00583. The molecule has 17 heavy (non-hydrogen) atoms. The Hall–Kier alpha value is -2.03. The summed E-state index contributed by atoms with van der Waals surface area (Å²) in [6, 6.07) is 2.91. The lowest BCUT2D eigenvalue weighted by molar-refractivity contribution is -0.142. The Morgan fingerprint density at radius 3 is 2.88 bits per heavy atom. The van der Waals surface area contributed by atoms with Crippen molar-refractivity contribution in [1.82, 2.24) is 4.98 Å². The quantitative estimate of drug-likeness (QED) is 0.755. The standard InChI is InChI=1S/C11H10F2N2O2/c1-2-17-10(16)4-7-3-8(5-14)15-6-9(7)11(12)13/h3,6,11H,2,4H2,1H3. The number of carbonyl (C=O) groups excluding carboxylic acids is 1. The average molecular weight is 240 g/mol. The van der Waals surface area contributed by atoms with E-state index in [-0.39, 0.29) is 29.8 Å². The Bertz CT molecular complexity index is 455. The van der Waals surface area contributed by atoms with Gasteiger partial charge in [0.25, 0.3) is 6.43 Å². The molecular weight excluding hydrogens is 230 g/mol. The first-order valence-electron chi connectivity index (χ1n) is 4.91. The molecule has 90 valence electrons. The zero-order valence-electron chi connectivity index (χ0n) is 9.11. The molecule has 0 saturated carbocycles. The third-order valence-electron chi connectivity index (χ3n) is 2.01. The molecule has 0 aliphatic rings. The second-order valence-corrected chi connectivity index (χ2v) is 3.16. The highest BCUT2D eigenvalue weighted by Crippen LogP contribution is 2.23. The topological polar surface area (TPSA) is 63.0 Å². The summed E-state index contributed by atoms with van der Waals surface area (Å²) in [6.07, 6.45) is -2.11. The summed E-state index contributed by atoms with van der Waals surface area (Å²) < 4.78 is 29.9. The van der Waals surface area contributed by atoms with Crippen LogP contribution >= 0.6 is 0 Å². The van der Waals surface area contributed by atoms with Crippen molar-refractivity contribution in [3.8, 4) is 6.07 Å². The SMILES string of the molecule is CCOC(=O)Cc1cc(C#N)ncc1C(F)F. The van der Waals surface area contributed by atoms with E-state index in [9.17, 15) is 13.6 Å². The van der Waals surface area contributed by atoms with E-state index in [4.69, 9.17) is 5.26 Å². The van der Waals surface area contributed by atoms with E-state index in [1.807, 2.05) is 0 Å². The highest BCUT2D eigenvalue weighted by atomic mass is 19.3. The number of nitrogens with zero attached hydrogens (tertiary/aromatic N) is 2. The first-order chi connectivity index (χ1) is 8.08. The van der Waals surface area contributed by atoms with Crippen LogP contribution in [0.1, 0.15) is 30.2 Å². The molecule has 0 bridgehead atoms. The van der Waals surface area contributed by atoms with Crippen LogP contribution < -0.4 is 0 Å². The fourth-order valence-electron chi connectivity index (χ4n) is 1.29. The third kappa shape index (κ3) is 3.48. The largest absolute Gasteiger partial charge is 0.466 e. The van der Waals surface area contributed by atoms with Gasteiger partial charge in [-0.3, -0.25) is 4.79 Å². The molecule has 0 spiro atoms. The van der Waals surface area contributed by atoms with Crippen molar-refractivity contribution < 1.29 is 18.3 Å². The van der Waals surface area contributed by atoms with Crippen molar-refractivity contribution in [3.63, 3.8) is 0 Å². The van der Waals surface area contributed by atoms with E-state index in [1.54, 1.807) is 13.0 Å². The molecule has 1 aromatic rings. The number of halogens is 2. The fourth-order valence-corrected chi connectivity index (χ4v) is 1.29. The lowest BCUT2D eigenvalue weighted by atomic mass is 10.1. The summed E-state index contributed by atoms with van der Waals surface area (Å²) in [5, 5.41) is 8.61. The van der Waals surface area contributed by atoms with E-state index < -0.39 is 12.4 Å². The van der Waals surface area contributed by atoms with Crippen molar-refractivity contribution in [2.45, 2.75) is 19.8 Å². The van der Waals surface area contributed by atoms with Gasteiger partial charge in [0.1, 0.15) is 11.8 Å². The first-order valence-corrected chi connectivity index (χ1v) is 4.91. The Kier molecular flexibility index (Phi) is 4.52. The van der Waals surface area contributed by atoms with Gasteiger partial charge in [-0.05, 0) is 18.6 Å². The fraction of sp³-hybridized carbons (Fsp3) is 0.364. The predicted octanol–water partition coefficient (Wildman–Crippen LogP) is 2.00. The van der Waals surface area contributed by atoms with Crippen LogP contribution in [0.5, 0.6) is 0 Å². The van der Waals surface area contributed by atoms with E-state index >= 15 is 0 Å². The molecule has 4 nitrogen and oxygen atoms in total. The summed E-state index contributed by atoms with van der Waals surface area (Å²) >= 11 is 0. The summed E-state index contributed by atoms with van der Waals surface area (Å²) in [7, 11) is 0. The number of nitriles is 1. The molecule has 0 aliphatic carbocycles. The van der Waals surface area contributed by atoms with Crippen molar-refractivity contribution in [1.29, 1.82) is 5.26 Å². The number of hydrogen-bond acceptors (Lipinski definition) is 4. The number of rotatable bonds is 4. The van der Waals surface area contributed by atoms with Crippen molar-refractivity contribution in [3.05, 3.63) is 29.1 Å². The van der Waals surface area contributed by atoms with Gasteiger partial charge in [0, 0.05) is 11.8 Å². The highest BCUT2D eigenvalue weighted by Gasteiger charge is 2.17. The second-order valence-electron chi connectivity index (χ2n) is 3.16. The zero-order chi connectivity index (χ0) is 12.8. The number of pyridine rings is 1. The number of esters is 1. The molecule has 0 aliphatic heterocycles. The van der Waals surface area contributed by atoms with Gasteiger partial charge in [0.15, 0.2) is 0 Å². The molecule has 1 rings (SSSR count). The number of hydrogen-bond donors (Lipinski definition) is 0. The second kappa shape index (κ2) is 5.89. The molecular formula is C11H10F2N2O2. The maximum Gasteiger partial charge on any atom is 0.310 e. The van der Waals surface area contributed by atoms with Gasteiger partial charge in [-0.25, -0.2) is 13.8 Å². The van der Waals surface area contributed by atoms with Gasteiger partial charge in [-0.2, -0.15) is 5.26 Å². The van der Waals surface area contributed by atoms with Crippen LogP contribution in [0, 0.1) is 11.3 Å². The van der Waals surface area contributed by atoms with Crippen LogP contribution in [0.2, 0.25) is 0 Å². The van der Waals surface area contributed by atoms with Crippen molar-refractivity contribution in [2.24, 2.45) is 0 Å². The van der Waals surface area contributed by atoms with Crippen molar-refractivity contribution in [2.75, 3.05) is 6.61 Å². The molecule has 1 aromatic heterocycles. The first kappa shape index (κ1) is 13.0. The normalized spacial score (nSPS) is 10.1. The summed E-state index contributed by atoms with van der Waals surface area (Å²) in [5.74, 6) is -0.607. The maximum absolute atomic E-state index is 12.6. The van der Waals surface area contributed by atoms with Crippen LogP contribution in [0.15, 0.2) is 12.3 Å². The van der Waals surface area contributed by atoms with Gasteiger partial charge in [-0.15, -0.1) is 0 Å². The van der Waals surface area contributed by atoms with Crippen LogP contribution in [0.4, 0.5) is 8.78 Å². The van der Waals surface area contributed by atoms with Crippen LogP contribution in [-0.2, 0) is 16.0 Å². The van der Waals surface area contributed by atoms with Gasteiger partial charge < -0.3 is 4.74 Å². The molecule has 0 unspecified atom stereocenters. The van der Waals surface area contributed by atoms with Gasteiger partial charge >= 0.3 is 5.97 Å². The summed E-state index contributed by atoms with van der Waals surface area (Å²) in [4.78, 5) is 14.8. The number of carbonyl (C=O) groups is 1. The lowest BCUT2D eigenvalue weighted by Crippen LogP contribution is -2.10. The van der Waals surface area contributed by atoms with E-state index in [0.717, 1.165) is 6.20 Å². The number of alkyl halides is 2. The zero-order valence-corrected chi connectivity index (χ0v) is 9.11. The van der Waals surface area contributed by atoms with Crippen LogP contribution in [-0.4, -0.2) is 17.6 Å². The lowest BCUT2D eigenvalue weighted by Gasteiger charge is -2.08. The van der Waals surface area contributed by atoms with Crippen LogP contribution in [0.25, 0.3) is 0 Å². The Morgan fingerprint density at radius 2 is 2.35 bits per heavy atom. The van der Waals surface area contributed by atoms with Crippen LogP contribution in [0.3, 0.4) is 0 Å². The smallest absolute Gasteiger partial charge is 0.310 e. The molecule has 6 heteroatoms. The number of aromatic nitrogens is 1. The summed E-state index contributed by atoms with van der Waals surface area (Å²) in [5.41, 5.74) is -0.282. The molecule has 0 radical (unpaired) electrons. The highest BCUT2D eigenvalue weighted by molar-refractivity contribution is 5.73. The average Bonchev–Trinajstić information content (AvgIpc) is 2.28.